The molecule has 0 radical (unpaired) electrons. The molecule has 1 aromatic rings. The highest BCUT2D eigenvalue weighted by Crippen LogP contribution is 2.25. The van der Waals surface area contributed by atoms with Gasteiger partial charge in [0.25, 0.3) is 0 Å². The Morgan fingerprint density at radius 1 is 0.955 bits per heavy atom. The Hall–Kier alpha value is -0.820. The van der Waals surface area contributed by atoms with E-state index in [9.17, 15) is 0 Å². The van der Waals surface area contributed by atoms with Gasteiger partial charge >= 0.3 is 0 Å². The highest BCUT2D eigenvalue weighted by atomic mass is 15.1. The monoisotopic (exact) mass is 301 g/mol. The van der Waals surface area contributed by atoms with E-state index in [2.05, 4.69) is 63.8 Å². The third kappa shape index (κ3) is 5.12. The van der Waals surface area contributed by atoms with E-state index >= 15 is 0 Å². The number of hydrogen-bond donors (Lipinski definition) is 0. The van der Waals surface area contributed by atoms with Crippen molar-refractivity contribution in [1.82, 2.24) is 4.90 Å². The van der Waals surface area contributed by atoms with Gasteiger partial charge in [0.2, 0.25) is 0 Å². The molecule has 1 aliphatic heterocycles. The van der Waals surface area contributed by atoms with Crippen molar-refractivity contribution in [2.45, 2.75) is 65.7 Å². The highest BCUT2D eigenvalue weighted by Gasteiger charge is 2.20. The van der Waals surface area contributed by atoms with Gasteiger partial charge in [0.15, 0.2) is 0 Å². The fourth-order valence-corrected chi connectivity index (χ4v) is 3.43. The molecule has 1 unspecified atom stereocenters. The molecule has 0 saturated carbocycles. The lowest BCUT2D eigenvalue weighted by Gasteiger charge is -2.32. The van der Waals surface area contributed by atoms with Gasteiger partial charge < -0.3 is 4.90 Å². The molecule has 1 heterocycles. The van der Waals surface area contributed by atoms with Crippen molar-refractivity contribution in [1.29, 1.82) is 0 Å². The first kappa shape index (κ1) is 17.5. The number of hydrogen-bond acceptors (Lipinski definition) is 1. The average Bonchev–Trinajstić information content (AvgIpc) is 2.47. The second-order valence-electron chi connectivity index (χ2n) is 8.52. The van der Waals surface area contributed by atoms with Crippen molar-refractivity contribution >= 4 is 0 Å². The van der Waals surface area contributed by atoms with Gasteiger partial charge in [-0.1, -0.05) is 65.3 Å². The predicted octanol–water partition coefficient (Wildman–Crippen LogP) is 5.28. The summed E-state index contributed by atoms with van der Waals surface area (Å²) in [5, 5.41) is 0. The molecule has 0 spiro atoms. The Morgan fingerprint density at radius 3 is 2.05 bits per heavy atom. The molecule has 1 aromatic carbocycles. The number of rotatable bonds is 5. The van der Waals surface area contributed by atoms with Gasteiger partial charge in [-0.25, -0.2) is 0 Å². The zero-order valence-corrected chi connectivity index (χ0v) is 15.4. The molecule has 0 aliphatic carbocycles. The Morgan fingerprint density at radius 2 is 1.55 bits per heavy atom. The zero-order chi connectivity index (χ0) is 16.2. The Kier molecular flexibility index (Phi) is 6.09. The summed E-state index contributed by atoms with van der Waals surface area (Å²) < 4.78 is 0. The lowest BCUT2D eigenvalue weighted by Crippen LogP contribution is -2.36. The molecule has 0 bridgehead atoms. The smallest absolute Gasteiger partial charge is 0.00153 e. The molecular formula is C21H35N. The lowest BCUT2D eigenvalue weighted by molar-refractivity contribution is 0.173. The van der Waals surface area contributed by atoms with Gasteiger partial charge in [-0.2, -0.15) is 0 Å². The van der Waals surface area contributed by atoms with Crippen molar-refractivity contribution in [3.05, 3.63) is 35.4 Å². The van der Waals surface area contributed by atoms with Crippen LogP contribution in [-0.2, 0) is 11.8 Å². The Bertz CT molecular complexity index is 432. The van der Waals surface area contributed by atoms with E-state index in [4.69, 9.17) is 0 Å². The maximum absolute atomic E-state index is 2.69. The minimum atomic E-state index is 0.254. The maximum Gasteiger partial charge on any atom is 0.00153 e. The molecule has 1 aliphatic rings. The number of nitrogens with zero attached hydrogens (tertiary/aromatic N) is 1. The summed E-state index contributed by atoms with van der Waals surface area (Å²) in [6.45, 7) is 15.5. The molecule has 2 rings (SSSR count). The van der Waals surface area contributed by atoms with Crippen molar-refractivity contribution in [2.24, 2.45) is 11.8 Å². The first-order chi connectivity index (χ1) is 10.4. The normalized spacial score (nSPS) is 18.6. The first-order valence-corrected chi connectivity index (χ1v) is 9.18. The molecular weight excluding hydrogens is 266 g/mol. The summed E-state index contributed by atoms with van der Waals surface area (Å²) in [7, 11) is 0. The van der Waals surface area contributed by atoms with Crippen LogP contribution in [0.3, 0.4) is 0 Å². The van der Waals surface area contributed by atoms with Crippen molar-refractivity contribution in [2.75, 3.05) is 19.6 Å². The van der Waals surface area contributed by atoms with Crippen LogP contribution in [0, 0.1) is 11.8 Å². The first-order valence-electron chi connectivity index (χ1n) is 9.18. The summed E-state index contributed by atoms with van der Waals surface area (Å²) in [6, 6.07) is 9.36. The van der Waals surface area contributed by atoms with E-state index in [1.807, 2.05) is 0 Å². The third-order valence-corrected chi connectivity index (χ3v) is 5.20. The van der Waals surface area contributed by atoms with E-state index in [-0.39, 0.29) is 5.41 Å². The van der Waals surface area contributed by atoms with Crippen LogP contribution in [0.4, 0.5) is 0 Å². The van der Waals surface area contributed by atoms with Crippen LogP contribution in [0.1, 0.15) is 65.0 Å². The van der Waals surface area contributed by atoms with Crippen molar-refractivity contribution < 1.29 is 0 Å². The molecule has 1 saturated heterocycles. The van der Waals surface area contributed by atoms with E-state index in [1.54, 1.807) is 0 Å². The Balaban J connectivity index is 1.98. The second kappa shape index (κ2) is 7.64. The fraction of sp³-hybridized carbons (Fsp3) is 0.714. The fourth-order valence-electron chi connectivity index (χ4n) is 3.43. The van der Waals surface area contributed by atoms with E-state index in [0.29, 0.717) is 0 Å². The summed E-state index contributed by atoms with van der Waals surface area (Å²) in [5.41, 5.74) is 3.20. The SMILES string of the molecule is CC(C)C(Cc1ccc(C(C)(C)C)cc1)CN1CCCCC1. The summed E-state index contributed by atoms with van der Waals surface area (Å²) in [5.74, 6) is 1.53. The van der Waals surface area contributed by atoms with Crippen LogP contribution in [0.5, 0.6) is 0 Å². The second-order valence-corrected chi connectivity index (χ2v) is 8.52. The largest absolute Gasteiger partial charge is 0.303 e. The van der Waals surface area contributed by atoms with Crippen LogP contribution in [0.2, 0.25) is 0 Å². The highest BCUT2D eigenvalue weighted by molar-refractivity contribution is 5.27. The van der Waals surface area contributed by atoms with Gasteiger partial charge in [-0.05, 0) is 60.7 Å². The molecule has 1 heteroatoms. The van der Waals surface area contributed by atoms with E-state index in [1.165, 1.54) is 56.4 Å². The van der Waals surface area contributed by atoms with Gasteiger partial charge in [0.1, 0.15) is 0 Å². The lowest BCUT2D eigenvalue weighted by atomic mass is 9.84. The van der Waals surface area contributed by atoms with Crippen LogP contribution in [0.15, 0.2) is 24.3 Å². The van der Waals surface area contributed by atoms with Gasteiger partial charge in [-0.15, -0.1) is 0 Å². The average molecular weight is 302 g/mol. The standard InChI is InChI=1S/C21H35N/c1-17(2)19(16-22-13-7-6-8-14-22)15-18-9-11-20(12-10-18)21(3,4)5/h9-12,17,19H,6-8,13-16H2,1-5H3. The van der Waals surface area contributed by atoms with Gasteiger partial charge in [0, 0.05) is 6.54 Å². The maximum atomic E-state index is 2.69. The summed E-state index contributed by atoms with van der Waals surface area (Å²) in [4.78, 5) is 2.69. The molecule has 0 N–H and O–H groups in total. The summed E-state index contributed by atoms with van der Waals surface area (Å²) >= 11 is 0. The predicted molar refractivity (Wildman–Crippen MR) is 97.5 cm³/mol. The van der Waals surface area contributed by atoms with E-state index < -0.39 is 0 Å². The van der Waals surface area contributed by atoms with Crippen molar-refractivity contribution in [3.63, 3.8) is 0 Å². The van der Waals surface area contributed by atoms with Crippen LogP contribution in [-0.4, -0.2) is 24.5 Å². The zero-order valence-electron chi connectivity index (χ0n) is 15.4. The van der Waals surface area contributed by atoms with Crippen LogP contribution in [0.25, 0.3) is 0 Å². The van der Waals surface area contributed by atoms with E-state index in [0.717, 1.165) is 11.8 Å². The quantitative estimate of drug-likeness (QED) is 0.714. The number of piperidine rings is 1. The summed E-state index contributed by atoms with van der Waals surface area (Å²) in [6.07, 6.45) is 5.44. The molecule has 1 atom stereocenters. The molecule has 22 heavy (non-hydrogen) atoms. The number of benzene rings is 1. The van der Waals surface area contributed by atoms with Gasteiger partial charge in [0.05, 0.1) is 0 Å². The molecule has 124 valence electrons. The van der Waals surface area contributed by atoms with Crippen LogP contribution < -0.4 is 0 Å². The number of likely N-dealkylation sites (tertiary alicyclic amines) is 1. The van der Waals surface area contributed by atoms with Gasteiger partial charge in [-0.3, -0.25) is 0 Å². The molecule has 1 nitrogen and oxygen atoms in total. The topological polar surface area (TPSA) is 3.24 Å². The molecule has 1 fully saturated rings. The molecule has 0 amide bonds. The minimum Gasteiger partial charge on any atom is -0.303 e. The van der Waals surface area contributed by atoms with Crippen molar-refractivity contribution in [3.8, 4) is 0 Å². The van der Waals surface area contributed by atoms with Crippen LogP contribution >= 0.6 is 0 Å². The third-order valence-electron chi connectivity index (χ3n) is 5.20. The Labute approximate surface area is 138 Å². The minimum absolute atomic E-state index is 0.254. The molecule has 0 aromatic heterocycles.